The first-order valence-corrected chi connectivity index (χ1v) is 12.9. The van der Waals surface area contributed by atoms with E-state index in [1.54, 1.807) is 5.32 Å². The Morgan fingerprint density at radius 2 is 1.85 bits per heavy atom. The Hall–Kier alpha value is -1.74. The van der Waals surface area contributed by atoms with Crippen molar-refractivity contribution in [3.05, 3.63) is 35.9 Å². The first kappa shape index (κ1) is 26.9. The molecule has 11 heteroatoms. The van der Waals surface area contributed by atoms with Crippen molar-refractivity contribution in [1.82, 2.24) is 15.3 Å². The second-order valence-electron chi connectivity index (χ2n) is 8.70. The maximum atomic E-state index is 12.4. The Morgan fingerprint density at radius 3 is 2.41 bits per heavy atom. The molecule has 1 aliphatic rings. The van der Waals surface area contributed by atoms with Crippen molar-refractivity contribution in [2.75, 3.05) is 19.8 Å². The first-order valence-electron chi connectivity index (χ1n) is 11.8. The minimum absolute atomic E-state index is 0.148. The molecule has 1 saturated heterocycles. The molecule has 0 aromatic heterocycles. The molecule has 0 radical (unpaired) electrons. The molecule has 0 aliphatic carbocycles. The third kappa shape index (κ3) is 8.80. The lowest BCUT2D eigenvalue weighted by Gasteiger charge is -2.35. The van der Waals surface area contributed by atoms with Gasteiger partial charge in [0.1, 0.15) is 8.30 Å². The quantitative estimate of drug-likeness (QED) is 0.448. The Bertz CT molecular complexity index is 824. The molecule has 192 valence electrons. The van der Waals surface area contributed by atoms with Gasteiger partial charge in [0, 0.05) is 19.9 Å². The fourth-order valence-electron chi connectivity index (χ4n) is 3.96. The maximum absolute atomic E-state index is 12.4. The molecule has 1 aromatic rings. The van der Waals surface area contributed by atoms with Crippen LogP contribution >= 0.6 is 8.30 Å². The largest absolute Gasteiger partial charge is 0.471 e. The monoisotopic (exact) mass is 506 g/mol. The van der Waals surface area contributed by atoms with Crippen LogP contribution in [0.3, 0.4) is 0 Å². The lowest BCUT2D eigenvalue weighted by atomic mass is 10.0. The minimum Gasteiger partial charge on any atom is -0.370 e. The minimum atomic E-state index is -5.08. The molecule has 7 nitrogen and oxygen atoms in total. The lowest BCUT2D eigenvalue weighted by Crippen LogP contribution is -2.47. The van der Waals surface area contributed by atoms with Crippen molar-refractivity contribution < 1.29 is 33.4 Å². The molecule has 0 spiro atoms. The molecule has 2 amide bonds. The normalized spacial score (nSPS) is 24.4. The van der Waals surface area contributed by atoms with E-state index >= 15 is 0 Å². The van der Waals surface area contributed by atoms with Gasteiger partial charge in [-0.05, 0) is 46.3 Å². The van der Waals surface area contributed by atoms with Crippen molar-refractivity contribution in [1.29, 1.82) is 0 Å². The molecular weight excluding hydrogens is 470 g/mol. The zero-order valence-corrected chi connectivity index (χ0v) is 21.0. The molecule has 2 rings (SSSR count). The number of carbonyl (C=O) groups is 2. The molecule has 1 heterocycles. The SMILES string of the molecule is [2H]C1[C@@H](COP(C)N(C(C)C)C(C)C)O[C@@H](Cc2ccccc2)[C@H]1NC(=O)CNC(=O)C(F)(F)F. The summed E-state index contributed by atoms with van der Waals surface area (Å²) in [7, 11) is -0.947. The van der Waals surface area contributed by atoms with Gasteiger partial charge in [0.2, 0.25) is 5.91 Å². The van der Waals surface area contributed by atoms with E-state index in [2.05, 4.69) is 37.7 Å². The van der Waals surface area contributed by atoms with Crippen LogP contribution in [0.5, 0.6) is 0 Å². The van der Waals surface area contributed by atoms with E-state index in [0.717, 1.165) is 5.56 Å². The molecule has 1 fully saturated rings. The summed E-state index contributed by atoms with van der Waals surface area (Å²) in [6.07, 6.45) is -6.79. The Kier molecular flexibility index (Phi) is 10.1. The summed E-state index contributed by atoms with van der Waals surface area (Å²) in [6.45, 7) is 9.63. The number of nitrogens with one attached hydrogen (secondary N) is 2. The van der Waals surface area contributed by atoms with Gasteiger partial charge in [0.25, 0.3) is 0 Å². The maximum Gasteiger partial charge on any atom is 0.471 e. The van der Waals surface area contributed by atoms with Gasteiger partial charge in [0.05, 0.1) is 31.4 Å². The number of ether oxygens (including phenoxy) is 1. The van der Waals surface area contributed by atoms with E-state index in [1.165, 1.54) is 0 Å². The van der Waals surface area contributed by atoms with Crippen LogP contribution in [0.25, 0.3) is 0 Å². The number of halogens is 3. The second-order valence-corrected chi connectivity index (χ2v) is 10.3. The first-order chi connectivity index (χ1) is 16.3. The van der Waals surface area contributed by atoms with Gasteiger partial charge in [-0.3, -0.25) is 14.3 Å². The second kappa shape index (κ2) is 12.8. The van der Waals surface area contributed by atoms with E-state index in [4.69, 9.17) is 10.6 Å². The van der Waals surface area contributed by atoms with Crippen molar-refractivity contribution in [3.63, 3.8) is 0 Å². The zero-order chi connectivity index (χ0) is 26.3. The Morgan fingerprint density at radius 1 is 1.24 bits per heavy atom. The standard InChI is InChI=1S/C23H35F3N3O4P/c1-15(2)29(16(3)4)34(5)32-14-18-12-19(20(33-18)11-17-9-7-6-8-10-17)28-21(30)13-27-22(31)23(24,25)26/h6-10,15-16,18-20H,11-14H2,1-5H3,(H,27,31)(H,28,30)/t18-,19-,20-,34?/m0/s1/i12D/t12?,18-,19-,20-,34?. The van der Waals surface area contributed by atoms with Crippen LogP contribution < -0.4 is 10.6 Å². The number of hydrogen-bond donors (Lipinski definition) is 2. The molecule has 34 heavy (non-hydrogen) atoms. The van der Waals surface area contributed by atoms with Crippen molar-refractivity contribution in [2.45, 2.75) is 77.0 Å². The summed E-state index contributed by atoms with van der Waals surface area (Å²) < 4.78 is 60.4. The summed E-state index contributed by atoms with van der Waals surface area (Å²) in [6, 6.07) is 9.13. The number of rotatable bonds is 11. The highest BCUT2D eigenvalue weighted by atomic mass is 31.2. The van der Waals surface area contributed by atoms with Crippen molar-refractivity contribution >= 4 is 20.1 Å². The van der Waals surface area contributed by atoms with Crippen LogP contribution in [-0.2, 0) is 25.3 Å². The zero-order valence-electron chi connectivity index (χ0n) is 21.1. The lowest BCUT2D eigenvalue weighted by molar-refractivity contribution is -0.173. The summed E-state index contributed by atoms with van der Waals surface area (Å²) in [4.78, 5) is 23.4. The number of hydrogen-bond acceptors (Lipinski definition) is 5. The Labute approximate surface area is 202 Å². The predicted octanol–water partition coefficient (Wildman–Crippen LogP) is 3.63. The van der Waals surface area contributed by atoms with E-state index in [9.17, 15) is 22.8 Å². The van der Waals surface area contributed by atoms with E-state index in [0.29, 0.717) is 6.42 Å². The third-order valence-electron chi connectivity index (χ3n) is 5.26. The van der Waals surface area contributed by atoms with Crippen LogP contribution in [0.2, 0.25) is 0 Å². The van der Waals surface area contributed by atoms with E-state index in [1.807, 2.05) is 37.0 Å². The van der Waals surface area contributed by atoms with Crippen LogP contribution in [0.15, 0.2) is 30.3 Å². The molecule has 2 N–H and O–H groups in total. The summed E-state index contributed by atoms with van der Waals surface area (Å²) in [5, 5.41) is 4.14. The number of nitrogens with zero attached hydrogens (tertiary/aromatic N) is 1. The van der Waals surface area contributed by atoms with Gasteiger partial charge in [-0.1, -0.05) is 30.3 Å². The predicted molar refractivity (Wildman–Crippen MR) is 125 cm³/mol. The van der Waals surface area contributed by atoms with Gasteiger partial charge in [-0.25, -0.2) is 0 Å². The highest BCUT2D eigenvalue weighted by Gasteiger charge is 2.40. The van der Waals surface area contributed by atoms with Crippen LogP contribution in [-0.4, -0.2) is 72.8 Å². The fourth-order valence-corrected chi connectivity index (χ4v) is 5.76. The van der Waals surface area contributed by atoms with E-state index < -0.39 is 57.5 Å². The van der Waals surface area contributed by atoms with Gasteiger partial charge >= 0.3 is 12.1 Å². The van der Waals surface area contributed by atoms with Crippen molar-refractivity contribution in [2.24, 2.45) is 0 Å². The fraction of sp³-hybridized carbons (Fsp3) is 0.652. The molecule has 2 unspecified atom stereocenters. The van der Waals surface area contributed by atoms with Crippen LogP contribution in [0.4, 0.5) is 13.2 Å². The smallest absolute Gasteiger partial charge is 0.370 e. The number of alkyl halides is 3. The molecule has 5 atom stereocenters. The molecule has 1 aromatic carbocycles. The highest BCUT2D eigenvalue weighted by Crippen LogP contribution is 2.41. The van der Waals surface area contributed by atoms with Crippen LogP contribution in [0, 0.1) is 0 Å². The van der Waals surface area contributed by atoms with Gasteiger partial charge in [0.15, 0.2) is 0 Å². The van der Waals surface area contributed by atoms with E-state index in [-0.39, 0.29) is 18.7 Å². The summed E-state index contributed by atoms with van der Waals surface area (Å²) in [5.41, 5.74) is 0.930. The number of carbonyl (C=O) groups excluding carboxylic acids is 2. The van der Waals surface area contributed by atoms with Gasteiger partial charge < -0.3 is 19.9 Å². The molecule has 1 aliphatic heterocycles. The van der Waals surface area contributed by atoms with Gasteiger partial charge in [-0.15, -0.1) is 0 Å². The average molecular weight is 507 g/mol. The van der Waals surface area contributed by atoms with Gasteiger partial charge in [-0.2, -0.15) is 13.2 Å². The summed E-state index contributed by atoms with van der Waals surface area (Å²) >= 11 is 0. The molecule has 0 bridgehead atoms. The average Bonchev–Trinajstić information content (AvgIpc) is 3.04. The number of benzene rings is 1. The highest BCUT2D eigenvalue weighted by molar-refractivity contribution is 7.49. The van der Waals surface area contributed by atoms with Crippen LogP contribution in [0.1, 0.15) is 41.0 Å². The Balaban J connectivity index is 2.07. The number of amides is 2. The van der Waals surface area contributed by atoms with Crippen molar-refractivity contribution in [3.8, 4) is 0 Å². The topological polar surface area (TPSA) is 79.9 Å². The third-order valence-corrected chi connectivity index (χ3v) is 7.35. The molecule has 0 saturated carbocycles. The molecular formula is C23H35F3N3O4P. The summed E-state index contributed by atoms with van der Waals surface area (Å²) in [5.74, 6) is -3.02.